The van der Waals surface area contributed by atoms with Gasteiger partial charge in [0.1, 0.15) is 0 Å². The number of nitrogens with one attached hydrogen (secondary N) is 1. The van der Waals surface area contributed by atoms with Crippen molar-refractivity contribution in [3.63, 3.8) is 0 Å². The zero-order valence-electron chi connectivity index (χ0n) is 11.8. The highest BCUT2D eigenvalue weighted by molar-refractivity contribution is 5.76. The van der Waals surface area contributed by atoms with E-state index < -0.39 is 0 Å². The number of hydrogen-bond acceptors (Lipinski definition) is 3. The van der Waals surface area contributed by atoms with Gasteiger partial charge in [0.2, 0.25) is 0 Å². The molecule has 0 aromatic rings. The summed E-state index contributed by atoms with van der Waals surface area (Å²) in [5, 5.41) is 3.37. The molecule has 2 amide bonds. The highest BCUT2D eigenvalue weighted by atomic mass is 16.2. The van der Waals surface area contributed by atoms with Gasteiger partial charge in [0.15, 0.2) is 0 Å². The SMILES string of the molecule is O=C1N(CCN2CCCC2)CCN1C1CCNCC1. The minimum absolute atomic E-state index is 0.283. The smallest absolute Gasteiger partial charge is 0.320 e. The quantitative estimate of drug-likeness (QED) is 0.808. The van der Waals surface area contributed by atoms with E-state index in [4.69, 9.17) is 0 Å². The summed E-state index contributed by atoms with van der Waals surface area (Å²) in [4.78, 5) is 19.1. The number of hydrogen-bond donors (Lipinski definition) is 1. The normalized spacial score (nSPS) is 26.6. The number of likely N-dealkylation sites (tertiary alicyclic amines) is 1. The third-order valence-electron chi connectivity index (χ3n) is 4.76. The maximum absolute atomic E-state index is 12.4. The Balaban J connectivity index is 1.47. The van der Waals surface area contributed by atoms with Crippen LogP contribution in [-0.4, -0.2) is 79.1 Å². The zero-order chi connectivity index (χ0) is 13.1. The standard InChI is InChI=1S/C14H26N4O/c19-14-17(10-9-16-7-1-2-8-16)11-12-18(14)13-3-5-15-6-4-13/h13,15H,1-12H2. The Hall–Kier alpha value is -0.810. The molecule has 0 saturated carbocycles. The van der Waals surface area contributed by atoms with Crippen LogP contribution in [0.15, 0.2) is 0 Å². The first kappa shape index (κ1) is 13.2. The van der Waals surface area contributed by atoms with Crippen LogP contribution in [0.4, 0.5) is 4.79 Å². The molecule has 3 aliphatic rings. The summed E-state index contributed by atoms with van der Waals surface area (Å²) in [6, 6.07) is 0.761. The van der Waals surface area contributed by atoms with Crippen molar-refractivity contribution in [1.29, 1.82) is 0 Å². The second-order valence-electron chi connectivity index (χ2n) is 5.99. The summed E-state index contributed by atoms with van der Waals surface area (Å²) in [7, 11) is 0. The second kappa shape index (κ2) is 6.09. The van der Waals surface area contributed by atoms with Gasteiger partial charge in [-0.3, -0.25) is 0 Å². The molecule has 3 aliphatic heterocycles. The van der Waals surface area contributed by atoms with Gasteiger partial charge in [-0.15, -0.1) is 0 Å². The van der Waals surface area contributed by atoms with Gasteiger partial charge in [-0.25, -0.2) is 4.79 Å². The Morgan fingerprint density at radius 3 is 2.47 bits per heavy atom. The Morgan fingerprint density at radius 2 is 1.74 bits per heavy atom. The monoisotopic (exact) mass is 266 g/mol. The number of piperidine rings is 1. The van der Waals surface area contributed by atoms with E-state index in [-0.39, 0.29) is 6.03 Å². The molecule has 19 heavy (non-hydrogen) atoms. The highest BCUT2D eigenvalue weighted by Crippen LogP contribution is 2.18. The van der Waals surface area contributed by atoms with E-state index in [1.165, 1.54) is 25.9 Å². The fourth-order valence-electron chi connectivity index (χ4n) is 3.53. The molecule has 0 bridgehead atoms. The molecule has 0 spiro atoms. The molecule has 108 valence electrons. The van der Waals surface area contributed by atoms with Gasteiger partial charge >= 0.3 is 6.03 Å². The number of rotatable bonds is 4. The van der Waals surface area contributed by atoms with Crippen LogP contribution in [0.2, 0.25) is 0 Å². The fourth-order valence-corrected chi connectivity index (χ4v) is 3.53. The summed E-state index contributed by atoms with van der Waals surface area (Å²) in [6.45, 7) is 8.40. The lowest BCUT2D eigenvalue weighted by atomic mass is 10.1. The van der Waals surface area contributed by atoms with Crippen molar-refractivity contribution in [2.24, 2.45) is 0 Å². The second-order valence-corrected chi connectivity index (χ2v) is 5.99. The molecule has 3 rings (SSSR count). The lowest BCUT2D eigenvalue weighted by Crippen LogP contribution is -2.45. The van der Waals surface area contributed by atoms with E-state index in [1.54, 1.807) is 0 Å². The largest absolute Gasteiger partial charge is 0.322 e. The first-order valence-electron chi connectivity index (χ1n) is 7.83. The maximum atomic E-state index is 12.4. The van der Waals surface area contributed by atoms with Crippen LogP contribution in [0.5, 0.6) is 0 Å². The van der Waals surface area contributed by atoms with Gasteiger partial charge < -0.3 is 20.0 Å². The van der Waals surface area contributed by atoms with E-state index in [2.05, 4.69) is 20.0 Å². The molecule has 3 heterocycles. The number of carbonyl (C=O) groups is 1. The third-order valence-corrected chi connectivity index (χ3v) is 4.76. The lowest BCUT2D eigenvalue weighted by Gasteiger charge is -2.31. The van der Waals surface area contributed by atoms with Crippen molar-refractivity contribution in [3.05, 3.63) is 0 Å². The van der Waals surface area contributed by atoms with Crippen LogP contribution in [0.1, 0.15) is 25.7 Å². The summed E-state index contributed by atoms with van der Waals surface area (Å²) < 4.78 is 0. The molecular formula is C14H26N4O. The third kappa shape index (κ3) is 3.03. The maximum Gasteiger partial charge on any atom is 0.320 e. The zero-order valence-corrected chi connectivity index (χ0v) is 11.8. The Bertz CT molecular complexity index is 311. The van der Waals surface area contributed by atoms with Crippen molar-refractivity contribution in [2.75, 3.05) is 52.4 Å². The van der Waals surface area contributed by atoms with E-state index in [0.717, 1.165) is 52.1 Å². The summed E-state index contributed by atoms with van der Waals surface area (Å²) in [5.74, 6) is 0. The number of urea groups is 1. The fraction of sp³-hybridized carbons (Fsp3) is 0.929. The van der Waals surface area contributed by atoms with E-state index in [0.29, 0.717) is 6.04 Å². The topological polar surface area (TPSA) is 38.8 Å². The van der Waals surface area contributed by atoms with Gasteiger partial charge in [-0.2, -0.15) is 0 Å². The Labute approximate surface area is 115 Å². The van der Waals surface area contributed by atoms with Crippen LogP contribution in [0, 0.1) is 0 Å². The first-order chi connectivity index (χ1) is 9.34. The Morgan fingerprint density at radius 1 is 1.00 bits per heavy atom. The van der Waals surface area contributed by atoms with Crippen molar-refractivity contribution >= 4 is 6.03 Å². The molecule has 3 saturated heterocycles. The number of nitrogens with zero attached hydrogens (tertiary/aromatic N) is 3. The predicted octanol–water partition coefficient (Wildman–Crippen LogP) is 0.572. The molecule has 3 fully saturated rings. The minimum atomic E-state index is 0.283. The lowest BCUT2D eigenvalue weighted by molar-refractivity contribution is 0.162. The van der Waals surface area contributed by atoms with Crippen LogP contribution >= 0.6 is 0 Å². The first-order valence-corrected chi connectivity index (χ1v) is 7.83. The molecule has 0 unspecified atom stereocenters. The summed E-state index contributed by atoms with van der Waals surface area (Å²) in [6.07, 6.45) is 4.89. The van der Waals surface area contributed by atoms with Gasteiger partial charge in [-0.05, 0) is 51.9 Å². The molecule has 0 atom stereocenters. The number of carbonyl (C=O) groups excluding carboxylic acids is 1. The van der Waals surface area contributed by atoms with Crippen molar-refractivity contribution in [2.45, 2.75) is 31.7 Å². The predicted molar refractivity (Wildman–Crippen MR) is 75.2 cm³/mol. The Kier molecular flexibility index (Phi) is 4.23. The average molecular weight is 266 g/mol. The van der Waals surface area contributed by atoms with Gasteiger partial charge in [0.25, 0.3) is 0 Å². The van der Waals surface area contributed by atoms with E-state index in [1.807, 2.05) is 0 Å². The van der Waals surface area contributed by atoms with Crippen LogP contribution in [0.3, 0.4) is 0 Å². The molecule has 1 N–H and O–H groups in total. The van der Waals surface area contributed by atoms with E-state index in [9.17, 15) is 4.79 Å². The average Bonchev–Trinajstić information content (AvgIpc) is 3.07. The molecule has 0 aliphatic carbocycles. The summed E-state index contributed by atoms with van der Waals surface area (Å²) in [5.41, 5.74) is 0. The molecule has 0 aromatic heterocycles. The molecular weight excluding hydrogens is 240 g/mol. The highest BCUT2D eigenvalue weighted by Gasteiger charge is 2.34. The number of amides is 2. The van der Waals surface area contributed by atoms with E-state index >= 15 is 0 Å². The van der Waals surface area contributed by atoms with Crippen LogP contribution in [-0.2, 0) is 0 Å². The van der Waals surface area contributed by atoms with Gasteiger partial charge in [0, 0.05) is 32.2 Å². The van der Waals surface area contributed by atoms with Crippen molar-refractivity contribution in [3.8, 4) is 0 Å². The van der Waals surface area contributed by atoms with Crippen molar-refractivity contribution < 1.29 is 4.79 Å². The van der Waals surface area contributed by atoms with Crippen LogP contribution < -0.4 is 5.32 Å². The molecule has 0 radical (unpaired) electrons. The van der Waals surface area contributed by atoms with Crippen molar-refractivity contribution in [1.82, 2.24) is 20.0 Å². The molecule has 0 aromatic carbocycles. The molecule has 5 nitrogen and oxygen atoms in total. The summed E-state index contributed by atoms with van der Waals surface area (Å²) >= 11 is 0. The minimum Gasteiger partial charge on any atom is -0.322 e. The van der Waals surface area contributed by atoms with Crippen LogP contribution in [0.25, 0.3) is 0 Å². The van der Waals surface area contributed by atoms with Gasteiger partial charge in [-0.1, -0.05) is 0 Å². The molecule has 5 heteroatoms. The van der Waals surface area contributed by atoms with Gasteiger partial charge in [0.05, 0.1) is 0 Å².